The van der Waals surface area contributed by atoms with Gasteiger partial charge in [-0.3, -0.25) is 4.68 Å². The van der Waals surface area contributed by atoms with Crippen LogP contribution in [0.25, 0.3) is 5.69 Å². The van der Waals surface area contributed by atoms with Gasteiger partial charge in [-0.2, -0.15) is 23.4 Å². The van der Waals surface area contributed by atoms with Crippen molar-refractivity contribution in [3.8, 4) is 5.69 Å². The number of aliphatic hydroxyl groups excluding tert-OH is 3. The quantitative estimate of drug-likeness (QED) is 0.455. The van der Waals surface area contributed by atoms with E-state index in [-0.39, 0.29) is 16.7 Å². The minimum atomic E-state index is -4.73. The van der Waals surface area contributed by atoms with E-state index in [2.05, 4.69) is 31.1 Å². The Balaban J connectivity index is 1.85. The molecule has 0 saturated carbocycles. The van der Waals surface area contributed by atoms with Gasteiger partial charge in [0.2, 0.25) is 0 Å². The van der Waals surface area contributed by atoms with E-state index in [1.54, 1.807) is 0 Å². The Bertz CT molecular complexity index is 1160. The number of aryl methyl sites for hydroxylation is 1. The number of aromatic nitrogens is 5. The number of hydrogen-bond donors (Lipinski definition) is 3. The van der Waals surface area contributed by atoms with Crippen molar-refractivity contribution in [2.45, 2.75) is 43.6 Å². The summed E-state index contributed by atoms with van der Waals surface area (Å²) in [6.07, 6.45) is -7.21. The van der Waals surface area contributed by atoms with E-state index in [1.807, 2.05) is 0 Å². The van der Waals surface area contributed by atoms with Gasteiger partial charge in [-0.25, -0.2) is 9.67 Å². The van der Waals surface area contributed by atoms with Crippen molar-refractivity contribution in [1.29, 1.82) is 0 Å². The molecule has 0 amide bonds. The highest BCUT2D eigenvalue weighted by Crippen LogP contribution is 2.40. The lowest BCUT2D eigenvalue weighted by molar-refractivity contribution is -0.210. The summed E-state index contributed by atoms with van der Waals surface area (Å²) < 4.78 is 49.6. The molecule has 4 rings (SSSR count). The second kappa shape index (κ2) is 8.96. The lowest BCUT2D eigenvalue weighted by Gasteiger charge is -2.41. The fraction of sp³-hybridized carbons (Fsp3) is 0.421. The first-order valence-electron chi connectivity index (χ1n) is 9.64. The molecule has 1 fully saturated rings. The topological polar surface area (TPSA) is 118 Å². The van der Waals surface area contributed by atoms with Crippen LogP contribution in [0.4, 0.5) is 13.2 Å². The highest BCUT2D eigenvalue weighted by atomic mass is 79.9. The summed E-state index contributed by atoms with van der Waals surface area (Å²) in [5, 5.41) is 39.7. The first-order valence-corrected chi connectivity index (χ1v) is 10.8. The van der Waals surface area contributed by atoms with Gasteiger partial charge in [0, 0.05) is 11.2 Å². The third-order valence-electron chi connectivity index (χ3n) is 5.25. The molecule has 1 aliphatic heterocycles. The van der Waals surface area contributed by atoms with Crippen LogP contribution in [-0.2, 0) is 10.9 Å². The average molecular weight is 553 g/mol. The van der Waals surface area contributed by atoms with Gasteiger partial charge in [-0.1, -0.05) is 11.6 Å². The van der Waals surface area contributed by atoms with Crippen molar-refractivity contribution in [2.24, 2.45) is 0 Å². The van der Waals surface area contributed by atoms with Crippen molar-refractivity contribution in [1.82, 2.24) is 24.5 Å². The SMILES string of the molecule is Cc1nc([C@@H]2O[C@H](CO)[C@H](O)[C@H](n3cc(Br)cn3)[C@H]2O)n(-c2cc(Cl)ccc2C(F)(F)F)n1. The van der Waals surface area contributed by atoms with E-state index < -0.39 is 54.5 Å². The molecule has 14 heteroatoms. The van der Waals surface area contributed by atoms with E-state index in [1.165, 1.54) is 24.0 Å². The van der Waals surface area contributed by atoms with Gasteiger partial charge >= 0.3 is 6.18 Å². The molecular formula is C19H18BrClF3N5O4. The summed E-state index contributed by atoms with van der Waals surface area (Å²) in [6, 6.07) is 1.91. The lowest BCUT2D eigenvalue weighted by Crippen LogP contribution is -2.53. The predicted molar refractivity (Wildman–Crippen MR) is 112 cm³/mol. The van der Waals surface area contributed by atoms with Gasteiger partial charge < -0.3 is 20.1 Å². The third kappa shape index (κ3) is 4.53. The van der Waals surface area contributed by atoms with Crippen LogP contribution in [0.15, 0.2) is 35.1 Å². The maximum Gasteiger partial charge on any atom is 0.418 e. The molecule has 0 aliphatic carbocycles. The molecule has 2 aromatic heterocycles. The first-order chi connectivity index (χ1) is 15.5. The zero-order valence-corrected chi connectivity index (χ0v) is 19.2. The van der Waals surface area contributed by atoms with Gasteiger partial charge in [0.25, 0.3) is 0 Å². The zero-order valence-electron chi connectivity index (χ0n) is 16.9. The molecule has 5 atom stereocenters. The molecule has 1 saturated heterocycles. The summed E-state index contributed by atoms with van der Waals surface area (Å²) in [7, 11) is 0. The Morgan fingerprint density at radius 1 is 1.24 bits per heavy atom. The van der Waals surface area contributed by atoms with Crippen LogP contribution in [0, 0.1) is 6.92 Å². The normalized spacial score (nSPS) is 26.0. The molecular weight excluding hydrogens is 535 g/mol. The van der Waals surface area contributed by atoms with Gasteiger partial charge in [-0.05, 0) is 41.1 Å². The van der Waals surface area contributed by atoms with Crippen LogP contribution in [0.1, 0.15) is 29.4 Å². The molecule has 0 bridgehead atoms. The molecule has 3 aromatic rings. The minimum Gasteiger partial charge on any atom is -0.394 e. The molecule has 0 unspecified atom stereocenters. The summed E-state index contributed by atoms with van der Waals surface area (Å²) in [5.74, 6) is -0.0479. The Morgan fingerprint density at radius 2 is 1.97 bits per heavy atom. The van der Waals surface area contributed by atoms with Crippen LogP contribution in [0.3, 0.4) is 0 Å². The number of alkyl halides is 3. The average Bonchev–Trinajstić information content (AvgIpc) is 3.33. The van der Waals surface area contributed by atoms with Crippen molar-refractivity contribution in [3.05, 3.63) is 57.3 Å². The van der Waals surface area contributed by atoms with Crippen molar-refractivity contribution in [3.63, 3.8) is 0 Å². The Labute approximate surface area is 198 Å². The molecule has 3 N–H and O–H groups in total. The summed E-state index contributed by atoms with van der Waals surface area (Å²) in [5.41, 5.74) is -1.43. The van der Waals surface area contributed by atoms with E-state index in [9.17, 15) is 28.5 Å². The first kappa shape index (κ1) is 24.1. The van der Waals surface area contributed by atoms with Gasteiger partial charge in [0.15, 0.2) is 5.82 Å². The van der Waals surface area contributed by atoms with Crippen molar-refractivity contribution < 1.29 is 33.2 Å². The Kier molecular flexibility index (Phi) is 6.55. The van der Waals surface area contributed by atoms with E-state index >= 15 is 0 Å². The molecule has 0 spiro atoms. The second-order valence-corrected chi connectivity index (χ2v) is 8.83. The number of nitrogens with zero attached hydrogens (tertiary/aromatic N) is 5. The monoisotopic (exact) mass is 551 g/mol. The van der Waals surface area contributed by atoms with E-state index in [0.29, 0.717) is 4.47 Å². The van der Waals surface area contributed by atoms with Crippen LogP contribution >= 0.6 is 27.5 Å². The lowest BCUT2D eigenvalue weighted by atomic mass is 9.92. The fourth-order valence-corrected chi connectivity index (χ4v) is 4.29. The zero-order chi connectivity index (χ0) is 24.1. The number of rotatable bonds is 4. The maximum absolute atomic E-state index is 13.7. The fourth-order valence-electron chi connectivity index (χ4n) is 3.82. The molecule has 0 radical (unpaired) electrons. The smallest absolute Gasteiger partial charge is 0.394 e. The van der Waals surface area contributed by atoms with Gasteiger partial charge in [0.05, 0.1) is 28.5 Å². The largest absolute Gasteiger partial charge is 0.418 e. The summed E-state index contributed by atoms with van der Waals surface area (Å²) in [4.78, 5) is 4.20. The second-order valence-electron chi connectivity index (χ2n) is 7.48. The maximum atomic E-state index is 13.7. The standard InChI is InChI=1S/C19H18BrClF3N5O4/c1-8-26-18(29(27-8)12-4-10(21)2-3-11(12)19(22,23)24)17-16(32)14(15(31)13(7-30)33-17)28-6-9(20)5-25-28/h2-6,13-17,30-32H,7H2,1H3/t13-,14+,15+,16-,17-/m1/s1. The Morgan fingerprint density at radius 3 is 2.58 bits per heavy atom. The molecule has 1 aromatic carbocycles. The van der Waals surface area contributed by atoms with Crippen LogP contribution in [0.5, 0.6) is 0 Å². The van der Waals surface area contributed by atoms with Crippen LogP contribution in [-0.4, -0.2) is 64.8 Å². The van der Waals surface area contributed by atoms with Crippen molar-refractivity contribution >= 4 is 27.5 Å². The summed E-state index contributed by atoms with van der Waals surface area (Å²) in [6.45, 7) is 0.842. The molecule has 33 heavy (non-hydrogen) atoms. The number of benzene rings is 1. The number of halogens is 5. The number of ether oxygens (including phenoxy) is 1. The van der Waals surface area contributed by atoms with Crippen molar-refractivity contribution in [2.75, 3.05) is 6.61 Å². The summed E-state index contributed by atoms with van der Waals surface area (Å²) >= 11 is 9.21. The predicted octanol–water partition coefficient (Wildman–Crippen LogP) is 2.60. The van der Waals surface area contributed by atoms with Crippen LogP contribution in [0.2, 0.25) is 5.02 Å². The van der Waals surface area contributed by atoms with Gasteiger partial charge in [-0.15, -0.1) is 0 Å². The van der Waals surface area contributed by atoms with E-state index in [4.69, 9.17) is 16.3 Å². The van der Waals surface area contributed by atoms with Gasteiger partial charge in [0.1, 0.15) is 36.3 Å². The third-order valence-corrected chi connectivity index (χ3v) is 5.90. The molecule has 3 heterocycles. The number of hydrogen-bond acceptors (Lipinski definition) is 7. The Hall–Kier alpha value is -2.03. The highest BCUT2D eigenvalue weighted by Gasteiger charge is 2.48. The number of aliphatic hydroxyl groups is 3. The van der Waals surface area contributed by atoms with Crippen LogP contribution < -0.4 is 0 Å². The molecule has 1 aliphatic rings. The molecule has 9 nitrogen and oxygen atoms in total. The molecule has 178 valence electrons. The van der Waals surface area contributed by atoms with E-state index in [0.717, 1.165) is 22.9 Å². The highest BCUT2D eigenvalue weighted by molar-refractivity contribution is 9.10. The minimum absolute atomic E-state index is 0.0325.